The number of nitrogens with zero attached hydrogens (tertiary/aromatic N) is 1. The SMILES string of the molecule is COCCCN1Cc2c(Cl)cc(Cl)cc2C1CN. The molecule has 3 nitrogen and oxygen atoms in total. The van der Waals surface area contributed by atoms with Crippen LogP contribution in [0.25, 0.3) is 0 Å². The highest BCUT2D eigenvalue weighted by Gasteiger charge is 2.30. The smallest absolute Gasteiger partial charge is 0.0478 e. The summed E-state index contributed by atoms with van der Waals surface area (Å²) in [5, 5.41) is 1.42. The number of nitrogens with two attached hydrogens (primary N) is 1. The van der Waals surface area contributed by atoms with Crippen LogP contribution in [0.1, 0.15) is 23.6 Å². The molecule has 1 atom stereocenters. The summed E-state index contributed by atoms with van der Waals surface area (Å²) in [7, 11) is 1.72. The molecule has 2 rings (SSSR count). The second kappa shape index (κ2) is 6.22. The van der Waals surface area contributed by atoms with Crippen molar-refractivity contribution in [3.63, 3.8) is 0 Å². The molecule has 0 bridgehead atoms. The average Bonchev–Trinajstić information content (AvgIpc) is 2.67. The summed E-state index contributed by atoms with van der Waals surface area (Å²) in [6, 6.07) is 4.00. The fourth-order valence-electron chi connectivity index (χ4n) is 2.52. The van der Waals surface area contributed by atoms with E-state index in [9.17, 15) is 0 Å². The quantitative estimate of drug-likeness (QED) is 0.847. The molecule has 0 aliphatic carbocycles. The van der Waals surface area contributed by atoms with Gasteiger partial charge in [0.05, 0.1) is 0 Å². The molecule has 0 aromatic heterocycles. The summed E-state index contributed by atoms with van der Waals surface area (Å²) in [4.78, 5) is 2.34. The van der Waals surface area contributed by atoms with Gasteiger partial charge < -0.3 is 10.5 Å². The fourth-order valence-corrected chi connectivity index (χ4v) is 3.09. The monoisotopic (exact) mass is 288 g/mol. The number of hydrogen-bond acceptors (Lipinski definition) is 3. The molecule has 5 heteroatoms. The third-order valence-corrected chi connectivity index (χ3v) is 3.93. The fraction of sp³-hybridized carbons (Fsp3) is 0.538. The van der Waals surface area contributed by atoms with Crippen LogP contribution in [-0.2, 0) is 11.3 Å². The molecule has 1 aliphatic heterocycles. The summed E-state index contributed by atoms with van der Waals surface area (Å²) < 4.78 is 5.09. The van der Waals surface area contributed by atoms with Crippen LogP contribution < -0.4 is 5.73 Å². The highest BCUT2D eigenvalue weighted by molar-refractivity contribution is 6.35. The lowest BCUT2D eigenvalue weighted by Gasteiger charge is -2.23. The molecule has 1 aromatic carbocycles. The van der Waals surface area contributed by atoms with Gasteiger partial charge in [0.1, 0.15) is 0 Å². The number of halogens is 2. The van der Waals surface area contributed by atoms with Crippen LogP contribution >= 0.6 is 23.2 Å². The maximum Gasteiger partial charge on any atom is 0.0478 e. The van der Waals surface area contributed by atoms with E-state index in [0.29, 0.717) is 11.6 Å². The molecule has 18 heavy (non-hydrogen) atoms. The predicted molar refractivity (Wildman–Crippen MR) is 75.2 cm³/mol. The first-order valence-electron chi connectivity index (χ1n) is 6.08. The lowest BCUT2D eigenvalue weighted by Crippen LogP contribution is -2.29. The van der Waals surface area contributed by atoms with Gasteiger partial charge in [-0.1, -0.05) is 23.2 Å². The Kier molecular flexibility index (Phi) is 4.87. The highest BCUT2D eigenvalue weighted by atomic mass is 35.5. The molecule has 0 radical (unpaired) electrons. The van der Waals surface area contributed by atoms with Gasteiger partial charge in [-0.15, -0.1) is 0 Å². The van der Waals surface area contributed by atoms with Crippen LogP contribution in [0.4, 0.5) is 0 Å². The summed E-state index contributed by atoms with van der Waals surface area (Å²) in [6.07, 6.45) is 0.992. The Bertz CT molecular complexity index is 426. The van der Waals surface area contributed by atoms with E-state index in [-0.39, 0.29) is 6.04 Å². The molecule has 1 heterocycles. The van der Waals surface area contributed by atoms with E-state index in [4.69, 9.17) is 33.7 Å². The van der Waals surface area contributed by atoms with Crippen molar-refractivity contribution >= 4 is 23.2 Å². The molecule has 0 spiro atoms. The van der Waals surface area contributed by atoms with E-state index in [2.05, 4.69) is 4.90 Å². The molecule has 1 unspecified atom stereocenters. The van der Waals surface area contributed by atoms with E-state index in [1.165, 1.54) is 5.56 Å². The molecule has 1 aromatic rings. The lowest BCUT2D eigenvalue weighted by atomic mass is 10.1. The zero-order valence-corrected chi connectivity index (χ0v) is 12.0. The third-order valence-electron chi connectivity index (χ3n) is 3.37. The van der Waals surface area contributed by atoms with Crippen LogP contribution in [0.15, 0.2) is 12.1 Å². The van der Waals surface area contributed by atoms with Crippen molar-refractivity contribution in [2.75, 3.05) is 26.8 Å². The molecule has 100 valence electrons. The normalized spacial score (nSPS) is 19.2. The number of benzene rings is 1. The zero-order valence-electron chi connectivity index (χ0n) is 10.5. The molecular weight excluding hydrogens is 271 g/mol. The van der Waals surface area contributed by atoms with Gasteiger partial charge in [-0.05, 0) is 29.7 Å². The Morgan fingerprint density at radius 2 is 2.22 bits per heavy atom. The maximum atomic E-state index is 6.25. The molecule has 0 fully saturated rings. The van der Waals surface area contributed by atoms with Crippen molar-refractivity contribution < 1.29 is 4.74 Å². The first-order valence-corrected chi connectivity index (χ1v) is 6.83. The van der Waals surface area contributed by atoms with Crippen molar-refractivity contribution in [1.82, 2.24) is 4.90 Å². The van der Waals surface area contributed by atoms with Crippen LogP contribution in [0.5, 0.6) is 0 Å². The minimum absolute atomic E-state index is 0.216. The summed E-state index contributed by atoms with van der Waals surface area (Å²) in [6.45, 7) is 3.14. The van der Waals surface area contributed by atoms with Crippen LogP contribution in [0, 0.1) is 0 Å². The van der Waals surface area contributed by atoms with E-state index in [0.717, 1.165) is 36.7 Å². The summed E-state index contributed by atoms with van der Waals surface area (Å²) >= 11 is 12.3. The number of rotatable bonds is 5. The molecular formula is C13H18Cl2N2O. The van der Waals surface area contributed by atoms with Gasteiger partial charge in [0.15, 0.2) is 0 Å². The third kappa shape index (κ3) is 2.81. The summed E-state index contributed by atoms with van der Waals surface area (Å²) in [5.74, 6) is 0. The van der Waals surface area contributed by atoms with Gasteiger partial charge in [0.2, 0.25) is 0 Å². The minimum Gasteiger partial charge on any atom is -0.385 e. The standard InChI is InChI=1S/C13H18Cl2N2O/c1-18-4-2-3-17-8-11-10(13(17)7-16)5-9(14)6-12(11)15/h5-6,13H,2-4,7-8,16H2,1H3. The minimum atomic E-state index is 0.216. The van der Waals surface area contributed by atoms with Crippen LogP contribution in [0.2, 0.25) is 10.0 Å². The van der Waals surface area contributed by atoms with Crippen molar-refractivity contribution in [3.8, 4) is 0 Å². The molecule has 0 amide bonds. The first-order chi connectivity index (χ1) is 8.67. The second-order valence-electron chi connectivity index (χ2n) is 4.52. The van der Waals surface area contributed by atoms with Gasteiger partial charge in [-0.3, -0.25) is 4.90 Å². The van der Waals surface area contributed by atoms with Crippen molar-refractivity contribution in [2.45, 2.75) is 19.0 Å². The molecule has 0 saturated heterocycles. The van der Waals surface area contributed by atoms with E-state index < -0.39 is 0 Å². The maximum absolute atomic E-state index is 6.25. The predicted octanol–water partition coefficient (Wildman–Crippen LogP) is 2.85. The Labute approximate surface area is 118 Å². The van der Waals surface area contributed by atoms with Gasteiger partial charge in [0.25, 0.3) is 0 Å². The number of ether oxygens (including phenoxy) is 1. The van der Waals surface area contributed by atoms with Crippen molar-refractivity contribution in [1.29, 1.82) is 0 Å². The van der Waals surface area contributed by atoms with Gasteiger partial charge in [-0.2, -0.15) is 0 Å². The topological polar surface area (TPSA) is 38.5 Å². The Morgan fingerprint density at radius 1 is 1.44 bits per heavy atom. The largest absolute Gasteiger partial charge is 0.385 e. The zero-order chi connectivity index (χ0) is 13.1. The van der Waals surface area contributed by atoms with Crippen LogP contribution in [0.3, 0.4) is 0 Å². The Hall–Kier alpha value is -0.320. The van der Waals surface area contributed by atoms with Crippen LogP contribution in [-0.4, -0.2) is 31.7 Å². The highest BCUT2D eigenvalue weighted by Crippen LogP contribution is 2.38. The second-order valence-corrected chi connectivity index (χ2v) is 5.37. The van der Waals surface area contributed by atoms with E-state index in [1.807, 2.05) is 6.07 Å². The van der Waals surface area contributed by atoms with E-state index in [1.54, 1.807) is 13.2 Å². The lowest BCUT2D eigenvalue weighted by molar-refractivity contribution is 0.156. The Balaban J connectivity index is 2.17. The first kappa shape index (κ1) is 14.1. The number of hydrogen-bond donors (Lipinski definition) is 1. The molecule has 0 saturated carbocycles. The van der Waals surface area contributed by atoms with Gasteiger partial charge in [0, 0.05) is 49.4 Å². The summed E-state index contributed by atoms with van der Waals surface area (Å²) in [5.41, 5.74) is 8.22. The molecule has 1 aliphatic rings. The average molecular weight is 289 g/mol. The van der Waals surface area contributed by atoms with E-state index >= 15 is 0 Å². The van der Waals surface area contributed by atoms with Crippen molar-refractivity contribution in [2.24, 2.45) is 5.73 Å². The molecule has 2 N–H and O–H groups in total. The number of methoxy groups -OCH3 is 1. The number of fused-ring (bicyclic) bond motifs is 1. The Morgan fingerprint density at radius 3 is 2.89 bits per heavy atom. The van der Waals surface area contributed by atoms with Crippen molar-refractivity contribution in [3.05, 3.63) is 33.3 Å². The van der Waals surface area contributed by atoms with Gasteiger partial charge in [-0.25, -0.2) is 0 Å². The van der Waals surface area contributed by atoms with Gasteiger partial charge >= 0.3 is 0 Å².